The van der Waals surface area contributed by atoms with Crippen LogP contribution in [-0.2, 0) is 0 Å². The number of piperazine rings is 3. The average Bonchev–Trinajstić information content (AvgIpc) is 2.40. The number of rotatable bonds is 2. The van der Waals surface area contributed by atoms with Crippen LogP contribution in [0, 0.1) is 0 Å². The van der Waals surface area contributed by atoms with Gasteiger partial charge in [0.2, 0.25) is 0 Å². The summed E-state index contributed by atoms with van der Waals surface area (Å²) in [6.45, 7) is 4.94. The Labute approximate surface area is 100 Å². The van der Waals surface area contributed by atoms with Gasteiger partial charge in [0, 0.05) is 50.8 Å². The minimum atomic E-state index is -0.0380. The SMILES string of the molecule is Nc1ccncc1C(=O)C1CN2CCN1CC2. The molecule has 0 aliphatic carbocycles. The summed E-state index contributed by atoms with van der Waals surface area (Å²) in [5, 5.41) is 0. The highest BCUT2D eigenvalue weighted by molar-refractivity contribution is 6.04. The van der Waals surface area contributed by atoms with E-state index >= 15 is 0 Å². The van der Waals surface area contributed by atoms with Gasteiger partial charge >= 0.3 is 0 Å². The third-order valence-corrected chi connectivity index (χ3v) is 3.70. The zero-order chi connectivity index (χ0) is 11.8. The van der Waals surface area contributed by atoms with E-state index in [9.17, 15) is 4.79 Å². The molecule has 1 aromatic rings. The van der Waals surface area contributed by atoms with Crippen molar-refractivity contribution in [3.05, 3.63) is 24.0 Å². The summed E-state index contributed by atoms with van der Waals surface area (Å²) in [7, 11) is 0. The minimum absolute atomic E-state index is 0.0380. The molecule has 0 saturated carbocycles. The maximum Gasteiger partial charge on any atom is 0.184 e. The molecule has 3 aliphatic heterocycles. The van der Waals surface area contributed by atoms with E-state index < -0.39 is 0 Å². The van der Waals surface area contributed by atoms with E-state index in [2.05, 4.69) is 14.8 Å². The molecule has 5 heteroatoms. The smallest absolute Gasteiger partial charge is 0.184 e. The summed E-state index contributed by atoms with van der Waals surface area (Å²) in [6, 6.07) is 1.65. The average molecular weight is 232 g/mol. The van der Waals surface area contributed by atoms with Crippen molar-refractivity contribution in [3.63, 3.8) is 0 Å². The van der Waals surface area contributed by atoms with Gasteiger partial charge in [0.25, 0.3) is 0 Å². The van der Waals surface area contributed by atoms with Gasteiger partial charge in [-0.05, 0) is 6.07 Å². The molecule has 3 aliphatic rings. The van der Waals surface area contributed by atoms with Gasteiger partial charge in [-0.1, -0.05) is 0 Å². The van der Waals surface area contributed by atoms with Gasteiger partial charge < -0.3 is 5.73 Å². The van der Waals surface area contributed by atoms with Crippen molar-refractivity contribution in [3.8, 4) is 0 Å². The maximum atomic E-state index is 12.4. The number of hydrogen-bond acceptors (Lipinski definition) is 5. The van der Waals surface area contributed by atoms with Gasteiger partial charge in [-0.3, -0.25) is 19.6 Å². The lowest BCUT2D eigenvalue weighted by atomic mass is 9.98. The Morgan fingerprint density at radius 3 is 2.71 bits per heavy atom. The number of fused-ring (bicyclic) bond motifs is 3. The minimum Gasteiger partial charge on any atom is -0.398 e. The largest absolute Gasteiger partial charge is 0.398 e. The molecular formula is C12H16N4O. The van der Waals surface area contributed by atoms with Crippen LogP contribution in [0.4, 0.5) is 5.69 Å². The quantitative estimate of drug-likeness (QED) is 0.718. The van der Waals surface area contributed by atoms with Gasteiger partial charge in [0.15, 0.2) is 5.78 Å². The number of ketones is 1. The normalized spacial score (nSPS) is 31.4. The first-order valence-electron chi connectivity index (χ1n) is 5.96. The molecule has 0 amide bonds. The summed E-state index contributed by atoms with van der Waals surface area (Å²) >= 11 is 0. The fraction of sp³-hybridized carbons (Fsp3) is 0.500. The number of pyridine rings is 1. The molecule has 90 valence electrons. The van der Waals surface area contributed by atoms with E-state index in [0.717, 1.165) is 32.7 Å². The molecule has 5 nitrogen and oxygen atoms in total. The van der Waals surface area contributed by atoms with Crippen LogP contribution >= 0.6 is 0 Å². The Morgan fingerprint density at radius 2 is 2.12 bits per heavy atom. The highest BCUT2D eigenvalue weighted by Gasteiger charge is 2.37. The first-order valence-corrected chi connectivity index (χ1v) is 5.96. The first kappa shape index (κ1) is 10.7. The number of Topliss-reactive ketones (excluding diaryl/α,β-unsaturated/α-hetero) is 1. The van der Waals surface area contributed by atoms with Crippen molar-refractivity contribution in [2.75, 3.05) is 38.5 Å². The third-order valence-electron chi connectivity index (χ3n) is 3.70. The van der Waals surface area contributed by atoms with Crippen LogP contribution in [0.3, 0.4) is 0 Å². The molecule has 1 unspecified atom stereocenters. The van der Waals surface area contributed by atoms with Crippen molar-refractivity contribution in [2.45, 2.75) is 6.04 Å². The Bertz CT molecular complexity index is 440. The van der Waals surface area contributed by atoms with Crippen molar-refractivity contribution >= 4 is 11.5 Å². The maximum absolute atomic E-state index is 12.4. The molecule has 0 spiro atoms. The molecule has 3 fully saturated rings. The van der Waals surface area contributed by atoms with E-state index in [1.165, 1.54) is 0 Å². The fourth-order valence-corrected chi connectivity index (χ4v) is 2.66. The van der Waals surface area contributed by atoms with Crippen LogP contribution in [0.1, 0.15) is 10.4 Å². The number of aromatic nitrogens is 1. The van der Waals surface area contributed by atoms with Crippen molar-refractivity contribution in [1.29, 1.82) is 0 Å². The molecule has 17 heavy (non-hydrogen) atoms. The van der Waals surface area contributed by atoms with E-state index in [0.29, 0.717) is 11.3 Å². The van der Waals surface area contributed by atoms with Gasteiger partial charge in [0.05, 0.1) is 11.6 Å². The number of nitrogens with zero attached hydrogens (tertiary/aromatic N) is 3. The lowest BCUT2D eigenvalue weighted by molar-refractivity contribution is 0.0159. The zero-order valence-electron chi connectivity index (χ0n) is 9.67. The van der Waals surface area contributed by atoms with Gasteiger partial charge in [0.1, 0.15) is 0 Å². The summed E-state index contributed by atoms with van der Waals surface area (Å²) in [5.74, 6) is 0.111. The molecule has 2 bridgehead atoms. The van der Waals surface area contributed by atoms with Crippen molar-refractivity contribution < 1.29 is 4.79 Å². The fourth-order valence-electron chi connectivity index (χ4n) is 2.66. The molecule has 2 N–H and O–H groups in total. The molecule has 4 rings (SSSR count). The molecule has 4 heterocycles. The highest BCUT2D eigenvalue weighted by Crippen LogP contribution is 2.21. The summed E-state index contributed by atoms with van der Waals surface area (Å²) in [6.07, 6.45) is 3.19. The second-order valence-corrected chi connectivity index (χ2v) is 4.68. The van der Waals surface area contributed by atoms with Crippen LogP contribution in [0.15, 0.2) is 18.5 Å². The zero-order valence-corrected chi connectivity index (χ0v) is 9.67. The number of carbonyl (C=O) groups is 1. The Morgan fingerprint density at radius 1 is 1.35 bits per heavy atom. The third kappa shape index (κ3) is 1.81. The Kier molecular flexibility index (Phi) is 2.57. The molecule has 3 saturated heterocycles. The standard InChI is InChI=1S/C12H16N4O/c13-10-1-2-14-7-9(10)12(17)11-8-15-3-5-16(11)6-4-15/h1-2,7,11H,3-6,8H2,(H2,13,14). The number of carbonyl (C=O) groups excluding carboxylic acids is 1. The van der Waals surface area contributed by atoms with Gasteiger partial charge in [-0.2, -0.15) is 0 Å². The van der Waals surface area contributed by atoms with Crippen LogP contribution in [0.5, 0.6) is 0 Å². The number of nitrogen functional groups attached to an aromatic ring is 1. The van der Waals surface area contributed by atoms with E-state index in [4.69, 9.17) is 5.73 Å². The van der Waals surface area contributed by atoms with Crippen LogP contribution in [0.2, 0.25) is 0 Å². The van der Waals surface area contributed by atoms with E-state index in [1.807, 2.05) is 0 Å². The summed E-state index contributed by atoms with van der Waals surface area (Å²) < 4.78 is 0. The monoisotopic (exact) mass is 232 g/mol. The predicted molar refractivity (Wildman–Crippen MR) is 64.8 cm³/mol. The van der Waals surface area contributed by atoms with Crippen molar-refractivity contribution in [1.82, 2.24) is 14.8 Å². The highest BCUT2D eigenvalue weighted by atomic mass is 16.1. The summed E-state index contributed by atoms with van der Waals surface area (Å²) in [4.78, 5) is 21.0. The van der Waals surface area contributed by atoms with Gasteiger partial charge in [-0.25, -0.2) is 0 Å². The molecular weight excluding hydrogens is 216 g/mol. The lowest BCUT2D eigenvalue weighted by Gasteiger charge is -2.46. The topological polar surface area (TPSA) is 62.5 Å². The Hall–Kier alpha value is -1.46. The van der Waals surface area contributed by atoms with Gasteiger partial charge in [-0.15, -0.1) is 0 Å². The molecule has 0 aromatic carbocycles. The second-order valence-electron chi connectivity index (χ2n) is 4.68. The predicted octanol–water partition coefficient (Wildman–Crippen LogP) is -0.154. The number of nitrogens with two attached hydrogens (primary N) is 1. The number of hydrogen-bond donors (Lipinski definition) is 1. The Balaban J connectivity index is 1.85. The van der Waals surface area contributed by atoms with Crippen LogP contribution in [0.25, 0.3) is 0 Å². The lowest BCUT2D eigenvalue weighted by Crippen LogP contribution is -2.63. The molecule has 0 radical (unpaired) electrons. The first-order chi connectivity index (χ1) is 8.25. The van der Waals surface area contributed by atoms with Crippen molar-refractivity contribution in [2.24, 2.45) is 0 Å². The summed E-state index contributed by atoms with van der Waals surface area (Å²) in [5.41, 5.74) is 6.92. The van der Waals surface area contributed by atoms with E-state index in [-0.39, 0.29) is 11.8 Å². The molecule has 1 atom stereocenters. The second kappa shape index (κ2) is 4.09. The van der Waals surface area contributed by atoms with E-state index in [1.54, 1.807) is 18.5 Å². The van der Waals surface area contributed by atoms with Crippen LogP contribution < -0.4 is 5.73 Å². The number of anilines is 1. The molecule has 1 aromatic heterocycles. The van der Waals surface area contributed by atoms with Crippen LogP contribution in [-0.4, -0.2) is 59.3 Å².